The van der Waals surface area contributed by atoms with Gasteiger partial charge in [-0.05, 0) is 55.5 Å². The molecule has 1 fully saturated rings. The van der Waals surface area contributed by atoms with Crippen LogP contribution in [-0.2, 0) is 32.0 Å². The maximum Gasteiger partial charge on any atom is 0.255 e. The third kappa shape index (κ3) is 4.12. The molecule has 1 aromatic carbocycles. The summed E-state index contributed by atoms with van der Waals surface area (Å²) in [6.45, 7) is 5.85. The lowest BCUT2D eigenvalue weighted by molar-refractivity contribution is -0.153. The summed E-state index contributed by atoms with van der Waals surface area (Å²) in [5, 5.41) is 44.4. The number of carbonyl (C=O) groups excluding carboxylic acids is 4. The summed E-state index contributed by atoms with van der Waals surface area (Å²) in [4.78, 5) is 53.3. The minimum atomic E-state index is -2.68. The van der Waals surface area contributed by atoms with Gasteiger partial charge in [0.2, 0.25) is 5.78 Å². The second-order valence-corrected chi connectivity index (χ2v) is 12.0. The third-order valence-electron chi connectivity index (χ3n) is 7.82. The van der Waals surface area contributed by atoms with Gasteiger partial charge in [-0.25, -0.2) is 0 Å². The Labute approximate surface area is 220 Å². The van der Waals surface area contributed by atoms with Gasteiger partial charge < -0.3 is 26.2 Å². The smallest absolute Gasteiger partial charge is 0.255 e. The molecule has 1 amide bonds. The van der Waals surface area contributed by atoms with Gasteiger partial charge in [0.05, 0.1) is 11.6 Å². The molecule has 4 rings (SSSR count). The van der Waals surface area contributed by atoms with Gasteiger partial charge in [0.1, 0.15) is 28.6 Å². The minimum Gasteiger partial charge on any atom is -0.508 e. The van der Waals surface area contributed by atoms with Crippen LogP contribution < -0.4 is 5.73 Å². The highest BCUT2D eigenvalue weighted by Crippen LogP contribution is 2.53. The fourth-order valence-corrected chi connectivity index (χ4v) is 6.34. The lowest BCUT2D eigenvalue weighted by Crippen LogP contribution is -2.65. The first-order valence-corrected chi connectivity index (χ1v) is 12.5. The molecule has 1 aromatic rings. The van der Waals surface area contributed by atoms with E-state index in [0.717, 1.165) is 0 Å². The number of phenolic OH excluding ortho intramolecular Hbond substituents is 1. The van der Waals surface area contributed by atoms with E-state index < -0.39 is 58.0 Å². The maximum atomic E-state index is 13.8. The van der Waals surface area contributed by atoms with Crippen molar-refractivity contribution < 1.29 is 39.6 Å². The number of primary amides is 1. The van der Waals surface area contributed by atoms with Crippen LogP contribution in [0.15, 0.2) is 29.0 Å². The molecule has 3 aliphatic carbocycles. The summed E-state index contributed by atoms with van der Waals surface area (Å²) in [6.07, 6.45) is 0.547. The van der Waals surface area contributed by atoms with Crippen LogP contribution in [0.4, 0.5) is 0 Å². The lowest BCUT2D eigenvalue weighted by Gasteiger charge is -2.50. The molecule has 3 aliphatic rings. The van der Waals surface area contributed by atoms with E-state index in [9.17, 15) is 39.6 Å². The molecule has 0 bridgehead atoms. The van der Waals surface area contributed by atoms with Crippen molar-refractivity contribution in [3.8, 4) is 5.75 Å². The number of amides is 1. The van der Waals surface area contributed by atoms with Crippen molar-refractivity contribution in [1.82, 2.24) is 4.90 Å². The molecule has 6 N–H and O–H groups in total. The van der Waals surface area contributed by atoms with Crippen LogP contribution in [0.3, 0.4) is 0 Å². The highest BCUT2D eigenvalue weighted by Gasteiger charge is 2.64. The van der Waals surface area contributed by atoms with Crippen LogP contribution in [0.5, 0.6) is 5.75 Å². The van der Waals surface area contributed by atoms with Gasteiger partial charge in [0.25, 0.3) is 5.91 Å². The molecule has 38 heavy (non-hydrogen) atoms. The molecule has 4 atom stereocenters. The van der Waals surface area contributed by atoms with E-state index in [0.29, 0.717) is 17.5 Å². The van der Waals surface area contributed by atoms with E-state index in [1.165, 1.54) is 11.0 Å². The molecule has 0 aromatic heterocycles. The Morgan fingerprint density at radius 2 is 1.76 bits per heavy atom. The van der Waals surface area contributed by atoms with Gasteiger partial charge in [-0.3, -0.25) is 24.1 Å². The molecule has 0 unspecified atom stereocenters. The van der Waals surface area contributed by atoms with Crippen molar-refractivity contribution in [2.45, 2.75) is 58.1 Å². The molecule has 1 saturated carbocycles. The number of rotatable bonds is 5. The van der Waals surface area contributed by atoms with E-state index in [4.69, 9.17) is 5.73 Å². The molecule has 0 heterocycles. The molecule has 0 aliphatic heterocycles. The number of nitrogens with two attached hydrogens (primary N) is 1. The Morgan fingerprint density at radius 1 is 1.13 bits per heavy atom. The molecule has 0 radical (unpaired) electrons. The quantitative estimate of drug-likeness (QED) is 0.356. The van der Waals surface area contributed by atoms with E-state index in [-0.39, 0.29) is 47.3 Å². The molecular formula is C28H34N2O8. The van der Waals surface area contributed by atoms with Crippen molar-refractivity contribution >= 4 is 29.0 Å². The number of phenols is 1. The number of ketones is 3. The number of aliphatic hydroxyl groups is 3. The monoisotopic (exact) mass is 526 g/mol. The number of hydrogen-bond acceptors (Lipinski definition) is 9. The second kappa shape index (κ2) is 9.06. The van der Waals surface area contributed by atoms with Crippen molar-refractivity contribution in [1.29, 1.82) is 0 Å². The molecule has 204 valence electrons. The zero-order valence-electron chi connectivity index (χ0n) is 22.2. The second-order valence-electron chi connectivity index (χ2n) is 12.0. The standard InChI is InChI=1S/C28H34N2O8/c1-27(2,3)11-14(31)8-12-6-7-17(32)19-15(12)9-13-10-16-21(30(4)5)23(34)20(26(29)37)25(36)28(16,38)24(35)18(13)22(19)33/h6-7,13,16,21,32-33,36,38H,8-11H2,1-5H3,(H2,29,37)/t13-,16-,21-,28-/m0/s1. The number of nitrogens with zero attached hydrogens (tertiary/aromatic N) is 1. The highest BCUT2D eigenvalue weighted by molar-refractivity contribution is 6.24. The van der Waals surface area contributed by atoms with Crippen molar-refractivity contribution in [2.75, 3.05) is 14.1 Å². The number of Topliss-reactive ketones (excluding diaryl/α,β-unsaturated/α-hetero) is 3. The van der Waals surface area contributed by atoms with Crippen LogP contribution in [0.25, 0.3) is 5.76 Å². The molecule has 10 nitrogen and oxygen atoms in total. The third-order valence-corrected chi connectivity index (χ3v) is 7.82. The number of hydrogen-bond donors (Lipinski definition) is 5. The first-order valence-electron chi connectivity index (χ1n) is 12.5. The SMILES string of the molecule is CN(C)[C@@H]1C(=O)C(C(N)=O)=C(O)[C@@]2(O)C(=O)C3=C(O)c4c(O)ccc(CC(=O)CC(C)(C)C)c4C[C@H]3C[C@@H]12. The average Bonchev–Trinajstić information content (AvgIpc) is 2.76. The summed E-state index contributed by atoms with van der Waals surface area (Å²) in [7, 11) is 3.09. The Kier molecular flexibility index (Phi) is 6.56. The van der Waals surface area contributed by atoms with E-state index in [1.54, 1.807) is 20.2 Å². The number of aliphatic hydroxyl groups excluding tert-OH is 2. The van der Waals surface area contributed by atoms with E-state index in [2.05, 4.69) is 0 Å². The number of aromatic hydroxyl groups is 1. The summed E-state index contributed by atoms with van der Waals surface area (Å²) in [5.41, 5.74) is 2.46. The fourth-order valence-electron chi connectivity index (χ4n) is 6.34. The Bertz CT molecular complexity index is 1330. The van der Waals surface area contributed by atoms with Crippen LogP contribution in [0.1, 0.15) is 50.3 Å². The number of carbonyl (C=O) groups is 4. The van der Waals surface area contributed by atoms with Crippen molar-refractivity contribution in [2.24, 2.45) is 23.0 Å². The van der Waals surface area contributed by atoms with Gasteiger partial charge in [-0.1, -0.05) is 26.8 Å². The Hall–Kier alpha value is -3.50. The zero-order valence-corrected chi connectivity index (χ0v) is 22.2. The number of likely N-dealkylation sites (N-methyl/N-ethyl adjacent to an activating group) is 1. The normalized spacial score (nSPS) is 27.3. The fraction of sp³-hybridized carbons (Fsp3) is 0.500. The molecular weight excluding hydrogens is 492 g/mol. The predicted octanol–water partition coefficient (Wildman–Crippen LogP) is 1.51. The van der Waals surface area contributed by atoms with E-state index >= 15 is 0 Å². The summed E-state index contributed by atoms with van der Waals surface area (Å²) in [5.74, 6) is -7.00. The lowest BCUT2D eigenvalue weighted by atomic mass is 9.57. The largest absolute Gasteiger partial charge is 0.508 e. The van der Waals surface area contributed by atoms with Crippen LogP contribution in [0.2, 0.25) is 0 Å². The van der Waals surface area contributed by atoms with Gasteiger partial charge in [0.15, 0.2) is 11.4 Å². The number of fused-ring (bicyclic) bond motifs is 3. The van der Waals surface area contributed by atoms with Crippen LogP contribution >= 0.6 is 0 Å². The van der Waals surface area contributed by atoms with Gasteiger partial charge >= 0.3 is 0 Å². The molecule has 0 spiro atoms. The predicted molar refractivity (Wildman–Crippen MR) is 137 cm³/mol. The molecule has 0 saturated heterocycles. The Balaban J connectivity index is 1.88. The summed E-state index contributed by atoms with van der Waals surface area (Å²) < 4.78 is 0. The summed E-state index contributed by atoms with van der Waals surface area (Å²) >= 11 is 0. The first-order chi connectivity index (χ1) is 17.5. The molecule has 10 heteroatoms. The van der Waals surface area contributed by atoms with E-state index in [1.807, 2.05) is 20.8 Å². The van der Waals surface area contributed by atoms with Gasteiger partial charge in [-0.2, -0.15) is 0 Å². The van der Waals surface area contributed by atoms with Crippen molar-refractivity contribution in [3.63, 3.8) is 0 Å². The van der Waals surface area contributed by atoms with Gasteiger partial charge in [-0.15, -0.1) is 0 Å². The van der Waals surface area contributed by atoms with Crippen LogP contribution in [0, 0.1) is 17.3 Å². The average molecular weight is 527 g/mol. The van der Waals surface area contributed by atoms with Gasteiger partial charge in [0, 0.05) is 24.3 Å². The topological polar surface area (TPSA) is 178 Å². The Morgan fingerprint density at radius 3 is 2.32 bits per heavy atom. The van der Waals surface area contributed by atoms with Crippen LogP contribution in [-0.4, -0.2) is 74.3 Å². The number of benzene rings is 1. The first kappa shape index (κ1) is 27.5. The highest BCUT2D eigenvalue weighted by atomic mass is 16.3. The minimum absolute atomic E-state index is 0.00318. The zero-order chi connectivity index (χ0) is 28.5. The summed E-state index contributed by atoms with van der Waals surface area (Å²) in [6, 6.07) is 1.81. The van der Waals surface area contributed by atoms with Crippen molar-refractivity contribution in [3.05, 3.63) is 45.7 Å². The maximum absolute atomic E-state index is 13.8.